The number of aromatic nitrogens is 6. The molecule has 6 N–H and O–H groups in total. The molecule has 2 unspecified atom stereocenters. The van der Waals surface area contributed by atoms with E-state index < -0.39 is 34.1 Å². The molecule has 6 aromatic rings. The van der Waals surface area contributed by atoms with Crippen molar-refractivity contribution in [2.24, 2.45) is 11.8 Å². The standard InChI is InChI=1S/C42H50N10O8S/c1-21(2)35(49-41(55)59-5)39(53)51-13-7-9-32(51)37-43-20-31(48-37)29-16-23-15-24-17-34(45-28(24)19-27(23)44-29)61(57,58)25-11-12-26-30(18-25)47-38(46-26)33-10-8-14-52(33)40(54)36(22(3)4)50-42(56)60-6/h11-12,15-22,32-33,35-36,44-45H,7-10,13-14H2,1-6H3,(H,43,48)(H,46,47)(H,49,55)(H,50,56)/t32?,33?,35-,36+/m1/s1. The fourth-order valence-electron chi connectivity index (χ4n) is 8.51. The Morgan fingerprint density at radius 3 is 1.90 bits per heavy atom. The predicted octanol–water partition coefficient (Wildman–Crippen LogP) is 5.84. The van der Waals surface area contributed by atoms with Crippen molar-refractivity contribution < 1.29 is 37.1 Å². The second-order valence-corrected chi connectivity index (χ2v) is 18.3. The summed E-state index contributed by atoms with van der Waals surface area (Å²) in [6, 6.07) is 9.93. The fraction of sp³-hybridized carbons (Fsp3) is 0.429. The highest BCUT2D eigenvalue weighted by Crippen LogP contribution is 2.36. The van der Waals surface area contributed by atoms with Crippen LogP contribution in [0.3, 0.4) is 0 Å². The molecule has 2 aromatic carbocycles. The van der Waals surface area contributed by atoms with E-state index in [-0.39, 0.29) is 45.7 Å². The zero-order chi connectivity index (χ0) is 43.3. The third kappa shape index (κ3) is 7.77. The van der Waals surface area contributed by atoms with Gasteiger partial charge in [0.05, 0.1) is 59.8 Å². The molecule has 0 bridgehead atoms. The minimum Gasteiger partial charge on any atom is -0.453 e. The summed E-state index contributed by atoms with van der Waals surface area (Å²) in [6.45, 7) is 8.49. The molecule has 2 aliphatic heterocycles. The number of alkyl carbamates (subject to hydrolysis) is 2. The molecule has 8 rings (SSSR count). The van der Waals surface area contributed by atoms with Gasteiger partial charge in [0.25, 0.3) is 0 Å². The highest BCUT2D eigenvalue weighted by Gasteiger charge is 2.39. The summed E-state index contributed by atoms with van der Waals surface area (Å²) in [4.78, 5) is 77.4. The largest absolute Gasteiger partial charge is 0.453 e. The Hall–Kier alpha value is -6.37. The third-order valence-corrected chi connectivity index (χ3v) is 13.5. The molecule has 2 aliphatic rings. The molecule has 61 heavy (non-hydrogen) atoms. The SMILES string of the molecule is COC(=O)N[C@H](C(=O)N1CCCC1c1nc2ccc(S(=O)(=O)c3cc4cc5cc(-c6cnc(C7CCCN7C(=O)[C@H](NC(=O)OC)C(C)C)[nH]6)[nH]c5cc4[nH]3)cc2[nH]1)C(C)C. The van der Waals surface area contributed by atoms with Gasteiger partial charge >= 0.3 is 12.2 Å². The number of carbonyl (C=O) groups is 4. The number of nitrogens with one attached hydrogen (secondary N) is 6. The van der Waals surface area contributed by atoms with Gasteiger partial charge in [0.2, 0.25) is 21.7 Å². The number of nitrogens with zero attached hydrogens (tertiary/aromatic N) is 4. The van der Waals surface area contributed by atoms with Crippen molar-refractivity contribution >= 4 is 66.7 Å². The van der Waals surface area contributed by atoms with Crippen LogP contribution in [0.25, 0.3) is 44.2 Å². The average Bonchev–Trinajstić information content (AvgIpc) is 4.09. The Morgan fingerprint density at radius 2 is 1.30 bits per heavy atom. The first-order valence-corrected chi connectivity index (χ1v) is 21.9. The van der Waals surface area contributed by atoms with E-state index in [2.05, 4.69) is 35.6 Å². The summed E-state index contributed by atoms with van der Waals surface area (Å²) in [5, 5.41) is 6.93. The number of methoxy groups -OCH3 is 2. The van der Waals surface area contributed by atoms with Crippen molar-refractivity contribution in [3.05, 3.63) is 60.3 Å². The zero-order valence-electron chi connectivity index (χ0n) is 34.8. The van der Waals surface area contributed by atoms with Gasteiger partial charge in [-0.15, -0.1) is 0 Å². The highest BCUT2D eigenvalue weighted by atomic mass is 32.2. The molecule has 0 spiro atoms. The van der Waals surface area contributed by atoms with Gasteiger partial charge in [-0.05, 0) is 80.0 Å². The van der Waals surface area contributed by atoms with Crippen LogP contribution in [-0.2, 0) is 28.9 Å². The van der Waals surface area contributed by atoms with Crippen molar-refractivity contribution in [3.63, 3.8) is 0 Å². The summed E-state index contributed by atoms with van der Waals surface area (Å²) in [7, 11) is -1.47. The minimum atomic E-state index is -3.99. The topological polar surface area (TPSA) is 240 Å². The predicted molar refractivity (Wildman–Crippen MR) is 225 cm³/mol. The van der Waals surface area contributed by atoms with Crippen LogP contribution in [0, 0.1) is 11.8 Å². The number of aromatic amines is 4. The molecule has 6 heterocycles. The van der Waals surface area contributed by atoms with E-state index in [1.807, 2.05) is 45.9 Å². The second-order valence-electron chi connectivity index (χ2n) is 16.4. The summed E-state index contributed by atoms with van der Waals surface area (Å²) in [5.41, 5.74) is 3.99. The van der Waals surface area contributed by atoms with Gasteiger partial charge in [0.1, 0.15) is 28.8 Å². The molecule has 4 atom stereocenters. The molecular formula is C42H50N10O8S. The highest BCUT2D eigenvalue weighted by molar-refractivity contribution is 7.91. The van der Waals surface area contributed by atoms with Gasteiger partial charge < -0.3 is 49.8 Å². The van der Waals surface area contributed by atoms with Crippen molar-refractivity contribution in [2.75, 3.05) is 27.3 Å². The van der Waals surface area contributed by atoms with Crippen molar-refractivity contribution in [1.82, 2.24) is 50.3 Å². The third-order valence-electron chi connectivity index (χ3n) is 11.8. The second kappa shape index (κ2) is 16.2. The Balaban J connectivity index is 1.00. The maximum atomic E-state index is 14.1. The number of benzene rings is 2. The number of hydrogen-bond acceptors (Lipinski definition) is 10. The lowest BCUT2D eigenvalue weighted by Gasteiger charge is -2.30. The van der Waals surface area contributed by atoms with Gasteiger partial charge in [0, 0.05) is 34.9 Å². The van der Waals surface area contributed by atoms with Gasteiger partial charge in [-0.1, -0.05) is 27.7 Å². The number of hydrogen-bond donors (Lipinski definition) is 6. The molecule has 322 valence electrons. The Morgan fingerprint density at radius 1 is 0.705 bits per heavy atom. The average molecular weight is 855 g/mol. The van der Waals surface area contributed by atoms with E-state index in [0.29, 0.717) is 53.1 Å². The summed E-state index contributed by atoms with van der Waals surface area (Å²) >= 11 is 0. The van der Waals surface area contributed by atoms with E-state index >= 15 is 0 Å². The number of carbonyl (C=O) groups excluding carboxylic acids is 4. The van der Waals surface area contributed by atoms with E-state index in [1.54, 1.807) is 34.2 Å². The smallest absolute Gasteiger partial charge is 0.407 e. The van der Waals surface area contributed by atoms with E-state index in [0.717, 1.165) is 41.6 Å². The lowest BCUT2D eigenvalue weighted by atomic mass is 10.0. The number of likely N-dealkylation sites (tertiary alicyclic amines) is 2. The molecule has 4 aromatic heterocycles. The lowest BCUT2D eigenvalue weighted by molar-refractivity contribution is -0.136. The first kappa shape index (κ1) is 41.4. The Kier molecular flexibility index (Phi) is 11.0. The van der Waals surface area contributed by atoms with E-state index in [1.165, 1.54) is 20.3 Å². The molecule has 0 saturated carbocycles. The molecular weight excluding hydrogens is 805 g/mol. The Bertz CT molecular complexity index is 2720. The van der Waals surface area contributed by atoms with Crippen LogP contribution in [0.4, 0.5) is 9.59 Å². The number of imidazole rings is 2. The molecule has 0 radical (unpaired) electrons. The maximum absolute atomic E-state index is 14.1. The number of H-pyrrole nitrogens is 4. The fourth-order valence-corrected chi connectivity index (χ4v) is 9.82. The molecule has 0 aliphatic carbocycles. The van der Waals surface area contributed by atoms with Crippen LogP contribution in [0.2, 0.25) is 0 Å². The first-order chi connectivity index (χ1) is 29.2. The summed E-state index contributed by atoms with van der Waals surface area (Å²) in [6.07, 6.45) is 3.31. The number of rotatable bonds is 11. The number of ether oxygens (including phenoxy) is 2. The van der Waals surface area contributed by atoms with E-state index in [9.17, 15) is 27.6 Å². The van der Waals surface area contributed by atoms with Crippen LogP contribution in [0.5, 0.6) is 0 Å². The van der Waals surface area contributed by atoms with Crippen LogP contribution >= 0.6 is 0 Å². The number of fused-ring (bicyclic) bond motifs is 3. The van der Waals surface area contributed by atoms with Gasteiger partial charge in [-0.3, -0.25) is 9.59 Å². The van der Waals surface area contributed by atoms with E-state index in [4.69, 9.17) is 14.5 Å². The minimum absolute atomic E-state index is 0.0372. The normalized spacial score (nSPS) is 18.1. The lowest BCUT2D eigenvalue weighted by Crippen LogP contribution is -2.51. The first-order valence-electron chi connectivity index (χ1n) is 20.4. The monoisotopic (exact) mass is 854 g/mol. The molecule has 4 amide bonds. The van der Waals surface area contributed by atoms with Gasteiger partial charge in [-0.2, -0.15) is 0 Å². The molecule has 18 nitrogen and oxygen atoms in total. The summed E-state index contributed by atoms with van der Waals surface area (Å²) in [5.74, 6) is 0.443. The zero-order valence-corrected chi connectivity index (χ0v) is 35.6. The Labute approximate surface area is 351 Å². The molecule has 19 heteroatoms. The number of amides is 4. The summed E-state index contributed by atoms with van der Waals surface area (Å²) < 4.78 is 37.6. The van der Waals surface area contributed by atoms with Crippen LogP contribution in [-0.4, -0.2) is 112 Å². The van der Waals surface area contributed by atoms with Crippen LogP contribution < -0.4 is 10.6 Å². The van der Waals surface area contributed by atoms with Crippen molar-refractivity contribution in [3.8, 4) is 11.4 Å². The molecule has 2 saturated heterocycles. The number of sulfone groups is 1. The van der Waals surface area contributed by atoms with Crippen LogP contribution in [0.15, 0.2) is 58.6 Å². The maximum Gasteiger partial charge on any atom is 0.407 e. The quantitative estimate of drug-likeness (QED) is 0.0910. The van der Waals surface area contributed by atoms with Gasteiger partial charge in [0.15, 0.2) is 0 Å². The van der Waals surface area contributed by atoms with Gasteiger partial charge in [-0.25, -0.2) is 28.0 Å². The van der Waals surface area contributed by atoms with Crippen LogP contribution in [0.1, 0.15) is 77.1 Å². The molecule has 2 fully saturated rings. The van der Waals surface area contributed by atoms with Crippen molar-refractivity contribution in [1.29, 1.82) is 0 Å². The van der Waals surface area contributed by atoms with Crippen molar-refractivity contribution in [2.45, 2.75) is 87.5 Å².